The summed E-state index contributed by atoms with van der Waals surface area (Å²) in [6.45, 7) is 0.836. The summed E-state index contributed by atoms with van der Waals surface area (Å²) in [5.74, 6) is 0.771. The maximum atomic E-state index is 12.7. The maximum Gasteiger partial charge on any atom is 0.247 e. The van der Waals surface area contributed by atoms with E-state index in [0.29, 0.717) is 16.1 Å². The highest BCUT2D eigenvalue weighted by Gasteiger charge is 2.24. The molecule has 1 heterocycles. The van der Waals surface area contributed by atoms with E-state index in [1.165, 1.54) is 0 Å². The molecule has 5 heteroatoms. The molecule has 1 aliphatic heterocycles. The van der Waals surface area contributed by atoms with Crippen LogP contribution in [0.4, 0.5) is 5.69 Å². The normalized spacial score (nSPS) is 13.9. The van der Waals surface area contributed by atoms with Gasteiger partial charge in [-0.25, -0.2) is 4.58 Å². The fourth-order valence-corrected chi connectivity index (χ4v) is 2.81. The van der Waals surface area contributed by atoms with Crippen LogP contribution < -0.4 is 18.1 Å². The highest BCUT2D eigenvalue weighted by atomic mass is 35.5. The third-order valence-electron chi connectivity index (χ3n) is 3.69. The first-order chi connectivity index (χ1) is 10.2. The Morgan fingerprint density at radius 3 is 2.50 bits per heavy atom. The first kappa shape index (κ1) is 16.5. The van der Waals surface area contributed by atoms with Crippen LogP contribution in [0, 0.1) is 0 Å². The number of halogens is 2. The zero-order valence-corrected chi connectivity index (χ0v) is 13.4. The quantitative estimate of drug-likeness (QED) is 0.651. The Bertz CT molecular complexity index is 727. The van der Waals surface area contributed by atoms with Crippen LogP contribution in [0.3, 0.4) is 0 Å². The summed E-state index contributed by atoms with van der Waals surface area (Å²) in [6.07, 6.45) is 1.87. The number of carbonyl (C=O) groups excluding carboxylic acids is 1. The number of hydrogen-bond donors (Lipinski definition) is 1. The van der Waals surface area contributed by atoms with Crippen molar-refractivity contribution in [3.63, 3.8) is 0 Å². The van der Waals surface area contributed by atoms with E-state index in [-0.39, 0.29) is 18.2 Å². The van der Waals surface area contributed by atoms with Gasteiger partial charge in [0.25, 0.3) is 0 Å². The topological polar surface area (TPSA) is 46.1 Å². The molecule has 0 radical (unpaired) electrons. The molecule has 2 aromatic rings. The lowest BCUT2D eigenvalue weighted by Crippen LogP contribution is -3.00. The summed E-state index contributed by atoms with van der Waals surface area (Å²) in [6, 6.07) is 14.6. The lowest BCUT2D eigenvalue weighted by Gasteiger charge is -2.10. The summed E-state index contributed by atoms with van der Waals surface area (Å²) in [4.78, 5) is 12.7. The molecule has 114 valence electrons. The van der Waals surface area contributed by atoms with E-state index < -0.39 is 0 Å². The molecule has 2 N–H and O–H groups in total. The maximum absolute atomic E-state index is 12.7. The Balaban J connectivity index is 0.00000176. The summed E-state index contributed by atoms with van der Waals surface area (Å²) in [5.41, 5.74) is 8.14. The highest BCUT2D eigenvalue weighted by Crippen LogP contribution is 2.27. The van der Waals surface area contributed by atoms with Crippen molar-refractivity contribution < 1.29 is 21.8 Å². The number of amidine groups is 1. The molecule has 2 aromatic carbocycles. The molecule has 0 aliphatic carbocycles. The monoisotopic (exact) mass is 334 g/mol. The van der Waals surface area contributed by atoms with Gasteiger partial charge in [0.2, 0.25) is 5.84 Å². The average Bonchev–Trinajstić information content (AvgIpc) is 2.93. The van der Waals surface area contributed by atoms with Gasteiger partial charge in [-0.15, -0.1) is 0 Å². The Hall–Kier alpha value is -1.84. The van der Waals surface area contributed by atoms with Gasteiger partial charge in [-0.3, -0.25) is 10.5 Å². The highest BCUT2D eigenvalue weighted by molar-refractivity contribution is 6.31. The van der Waals surface area contributed by atoms with E-state index in [9.17, 15) is 4.79 Å². The molecule has 0 saturated heterocycles. The van der Waals surface area contributed by atoms with Gasteiger partial charge in [0.1, 0.15) is 5.69 Å². The first-order valence-corrected chi connectivity index (χ1v) is 7.33. The molecular weight excluding hydrogens is 319 g/mol. The van der Waals surface area contributed by atoms with Crippen molar-refractivity contribution in [3.05, 3.63) is 64.7 Å². The number of nitrogens with zero attached hydrogens (tertiary/aromatic N) is 1. The third kappa shape index (κ3) is 3.16. The molecule has 22 heavy (non-hydrogen) atoms. The fraction of sp³-hybridized carbons (Fsp3) is 0.176. The van der Waals surface area contributed by atoms with E-state index in [0.717, 1.165) is 30.9 Å². The minimum Gasteiger partial charge on any atom is -1.00 e. The van der Waals surface area contributed by atoms with Crippen molar-refractivity contribution >= 4 is 28.9 Å². The molecule has 3 rings (SSSR count). The molecule has 0 spiro atoms. The van der Waals surface area contributed by atoms with Gasteiger partial charge < -0.3 is 12.4 Å². The van der Waals surface area contributed by atoms with Gasteiger partial charge in [-0.05, 0) is 24.6 Å². The van der Waals surface area contributed by atoms with Gasteiger partial charge in [-0.2, -0.15) is 0 Å². The van der Waals surface area contributed by atoms with Gasteiger partial charge in [0, 0.05) is 10.6 Å². The van der Waals surface area contributed by atoms with E-state index in [1.807, 2.05) is 41.0 Å². The van der Waals surface area contributed by atoms with Crippen LogP contribution in [0.15, 0.2) is 48.5 Å². The molecule has 1 aliphatic rings. The van der Waals surface area contributed by atoms with Crippen molar-refractivity contribution in [2.45, 2.75) is 12.8 Å². The zero-order chi connectivity index (χ0) is 14.8. The van der Waals surface area contributed by atoms with Crippen molar-refractivity contribution in [2.75, 3.05) is 6.54 Å². The zero-order valence-electron chi connectivity index (χ0n) is 11.9. The van der Waals surface area contributed by atoms with E-state index >= 15 is 0 Å². The van der Waals surface area contributed by atoms with E-state index in [2.05, 4.69) is 0 Å². The minimum absolute atomic E-state index is 0. The van der Waals surface area contributed by atoms with E-state index in [1.54, 1.807) is 12.1 Å². The number of nitrogens with two attached hydrogens (primary N) is 1. The molecule has 0 atom stereocenters. The molecule has 0 bridgehead atoms. The van der Waals surface area contributed by atoms with Crippen LogP contribution in [-0.4, -0.2) is 22.7 Å². The van der Waals surface area contributed by atoms with Gasteiger partial charge >= 0.3 is 0 Å². The standard InChI is InChI=1S/C17H15ClN2O.ClH/c18-13-8-9-15(20-10-4-7-16(20)19)14(11-13)17(21)12-5-2-1-3-6-12;/h1-3,5-6,8-9,11,19H,4,7,10H2;1H. The smallest absolute Gasteiger partial charge is 0.247 e. The van der Waals surface area contributed by atoms with Crippen LogP contribution in [-0.2, 0) is 0 Å². The number of carbonyl (C=O) groups is 1. The second kappa shape index (κ2) is 6.95. The van der Waals surface area contributed by atoms with Crippen molar-refractivity contribution in [3.8, 4) is 0 Å². The molecular formula is C17H16Cl2N2O. The van der Waals surface area contributed by atoms with Gasteiger partial charge in [0.15, 0.2) is 5.78 Å². The molecule has 0 unspecified atom stereocenters. The molecule has 0 saturated carbocycles. The summed E-state index contributed by atoms with van der Waals surface area (Å²) in [7, 11) is 0. The second-order valence-electron chi connectivity index (χ2n) is 5.10. The molecule has 0 aromatic heterocycles. The van der Waals surface area contributed by atoms with Crippen LogP contribution >= 0.6 is 11.6 Å². The third-order valence-corrected chi connectivity index (χ3v) is 3.93. The van der Waals surface area contributed by atoms with Gasteiger partial charge in [0.05, 0.1) is 18.5 Å². The van der Waals surface area contributed by atoms with Gasteiger partial charge in [-0.1, -0.05) is 41.9 Å². The predicted octanol–water partition coefficient (Wildman–Crippen LogP) is 0.370. The van der Waals surface area contributed by atoms with Crippen molar-refractivity contribution in [1.29, 1.82) is 0 Å². The van der Waals surface area contributed by atoms with Crippen molar-refractivity contribution in [1.82, 2.24) is 0 Å². The summed E-state index contributed by atoms with van der Waals surface area (Å²) in [5, 5.41) is 0.552. The summed E-state index contributed by atoms with van der Waals surface area (Å²) < 4.78 is 2.01. The molecule has 0 fully saturated rings. The number of hydrogen-bond acceptors (Lipinski definition) is 2. The van der Waals surface area contributed by atoms with E-state index in [4.69, 9.17) is 17.3 Å². The van der Waals surface area contributed by atoms with Crippen LogP contribution in [0.5, 0.6) is 0 Å². The fourth-order valence-electron chi connectivity index (χ4n) is 2.64. The average molecular weight is 335 g/mol. The Kier molecular flexibility index (Phi) is 5.22. The van der Waals surface area contributed by atoms with Crippen LogP contribution in [0.1, 0.15) is 28.8 Å². The lowest BCUT2D eigenvalue weighted by molar-refractivity contribution is -0.432. The predicted molar refractivity (Wildman–Crippen MR) is 84.5 cm³/mol. The van der Waals surface area contributed by atoms with Crippen molar-refractivity contribution in [2.24, 2.45) is 5.73 Å². The minimum atomic E-state index is -0.0344. The summed E-state index contributed by atoms with van der Waals surface area (Å²) >= 11 is 6.08. The molecule has 3 nitrogen and oxygen atoms in total. The SMILES string of the molecule is NC1=[N+](c2ccc(Cl)cc2C(=O)c2ccccc2)CCC1.[Cl-]. The van der Waals surface area contributed by atoms with Crippen LogP contribution in [0.25, 0.3) is 0 Å². The number of rotatable bonds is 3. The largest absolute Gasteiger partial charge is 1.00 e. The first-order valence-electron chi connectivity index (χ1n) is 6.95. The number of ketones is 1. The second-order valence-corrected chi connectivity index (χ2v) is 5.54. The number of benzene rings is 2. The lowest BCUT2D eigenvalue weighted by atomic mass is 10.0. The Labute approximate surface area is 140 Å². The Morgan fingerprint density at radius 1 is 1.14 bits per heavy atom. The molecule has 0 amide bonds. The Morgan fingerprint density at radius 2 is 1.86 bits per heavy atom. The van der Waals surface area contributed by atoms with Crippen LogP contribution in [0.2, 0.25) is 5.02 Å².